The second-order valence-electron chi connectivity index (χ2n) is 4.88. The minimum Gasteiger partial charge on any atom is -0.378 e. The zero-order valence-electron chi connectivity index (χ0n) is 10.4. The number of fused-ring (bicyclic) bond motifs is 1. The maximum Gasteiger partial charge on any atom is 0.252 e. The number of carbonyl (C=O) groups is 1. The van der Waals surface area contributed by atoms with Gasteiger partial charge in [-0.25, -0.2) is 0 Å². The van der Waals surface area contributed by atoms with Gasteiger partial charge in [0.1, 0.15) is 0 Å². The number of hydrogen-bond acceptors (Lipinski definition) is 3. The number of carbonyl (C=O) groups excluding carboxylic acids is 1. The van der Waals surface area contributed by atoms with Crippen LogP contribution in [0.5, 0.6) is 0 Å². The molecule has 1 saturated carbocycles. The van der Waals surface area contributed by atoms with E-state index in [2.05, 4.69) is 5.32 Å². The van der Waals surface area contributed by atoms with Crippen molar-refractivity contribution in [1.82, 2.24) is 5.32 Å². The van der Waals surface area contributed by atoms with Crippen LogP contribution in [0, 0.1) is 5.92 Å². The average Bonchev–Trinajstić information content (AvgIpc) is 2.77. The molecule has 2 fully saturated rings. The van der Waals surface area contributed by atoms with E-state index in [0.29, 0.717) is 18.1 Å². The lowest BCUT2D eigenvalue weighted by Gasteiger charge is -2.39. The van der Waals surface area contributed by atoms with Crippen molar-refractivity contribution in [2.45, 2.75) is 29.9 Å². The van der Waals surface area contributed by atoms with Gasteiger partial charge in [0, 0.05) is 23.5 Å². The molecule has 2 aliphatic rings. The Morgan fingerprint density at radius 1 is 1.44 bits per heavy atom. The molecular formula is C14H17NO2S. The first-order chi connectivity index (χ1) is 8.79. The third-order valence-electron chi connectivity index (χ3n) is 3.93. The molecule has 0 bridgehead atoms. The van der Waals surface area contributed by atoms with Gasteiger partial charge in [0.25, 0.3) is 5.91 Å². The highest BCUT2D eigenvalue weighted by atomic mass is 32.2. The summed E-state index contributed by atoms with van der Waals surface area (Å²) in [5, 5.41) is 3.15. The van der Waals surface area contributed by atoms with Crippen molar-refractivity contribution in [3.05, 3.63) is 29.8 Å². The van der Waals surface area contributed by atoms with Gasteiger partial charge in [-0.2, -0.15) is 0 Å². The standard InChI is InChI=1S/C14H17NO2S/c1-18-13-5-3-2-4-10(13)14(16)15-11-8-12-9(11)6-7-17-12/h2-5,9,11-12H,6-8H2,1H3,(H,15,16)/t9-,11+,12+/m1/s1. The van der Waals surface area contributed by atoms with Gasteiger partial charge in [0.15, 0.2) is 0 Å². The first-order valence-corrected chi connectivity index (χ1v) is 7.57. The summed E-state index contributed by atoms with van der Waals surface area (Å²) in [7, 11) is 0. The molecule has 0 aromatic heterocycles. The Bertz CT molecular complexity index is 463. The van der Waals surface area contributed by atoms with Crippen molar-refractivity contribution in [1.29, 1.82) is 0 Å². The maximum atomic E-state index is 12.3. The molecule has 4 heteroatoms. The zero-order valence-corrected chi connectivity index (χ0v) is 11.2. The van der Waals surface area contributed by atoms with Crippen LogP contribution < -0.4 is 5.32 Å². The van der Waals surface area contributed by atoms with E-state index in [4.69, 9.17) is 4.74 Å². The summed E-state index contributed by atoms with van der Waals surface area (Å²) in [4.78, 5) is 13.3. The summed E-state index contributed by atoms with van der Waals surface area (Å²) in [5.74, 6) is 0.589. The van der Waals surface area contributed by atoms with Crippen LogP contribution in [-0.2, 0) is 4.74 Å². The summed E-state index contributed by atoms with van der Waals surface area (Å²) >= 11 is 1.61. The van der Waals surface area contributed by atoms with E-state index in [1.54, 1.807) is 11.8 Å². The molecule has 1 aliphatic carbocycles. The maximum absolute atomic E-state index is 12.3. The Hall–Kier alpha value is -1.00. The second-order valence-corrected chi connectivity index (χ2v) is 5.73. The molecule has 1 N–H and O–H groups in total. The summed E-state index contributed by atoms with van der Waals surface area (Å²) in [6.45, 7) is 0.850. The van der Waals surface area contributed by atoms with Gasteiger partial charge < -0.3 is 10.1 Å². The molecule has 3 rings (SSSR count). The van der Waals surface area contributed by atoms with Gasteiger partial charge in [0.2, 0.25) is 0 Å². The Morgan fingerprint density at radius 3 is 3.06 bits per heavy atom. The molecule has 18 heavy (non-hydrogen) atoms. The molecule has 3 nitrogen and oxygen atoms in total. The fourth-order valence-electron chi connectivity index (χ4n) is 2.84. The number of nitrogens with one attached hydrogen (secondary N) is 1. The fraction of sp³-hybridized carbons (Fsp3) is 0.500. The third-order valence-corrected chi connectivity index (χ3v) is 4.73. The molecule has 3 atom stereocenters. The SMILES string of the molecule is CSc1ccccc1C(=O)N[C@H]1C[C@@H]2OCC[C@H]12. The second kappa shape index (κ2) is 4.94. The van der Waals surface area contributed by atoms with E-state index < -0.39 is 0 Å². The Labute approximate surface area is 111 Å². The summed E-state index contributed by atoms with van der Waals surface area (Å²) in [5.41, 5.74) is 0.785. The number of thioether (sulfide) groups is 1. The van der Waals surface area contributed by atoms with E-state index in [1.165, 1.54) is 0 Å². The highest BCUT2D eigenvalue weighted by molar-refractivity contribution is 7.98. The molecule has 1 aliphatic heterocycles. The first kappa shape index (κ1) is 12.1. The van der Waals surface area contributed by atoms with Crippen molar-refractivity contribution < 1.29 is 9.53 Å². The lowest BCUT2D eigenvalue weighted by Crippen LogP contribution is -2.53. The van der Waals surface area contributed by atoms with E-state index in [0.717, 1.165) is 29.9 Å². The highest BCUT2D eigenvalue weighted by Gasteiger charge is 2.45. The number of ether oxygens (including phenoxy) is 1. The lowest BCUT2D eigenvalue weighted by molar-refractivity contribution is 0.00805. The van der Waals surface area contributed by atoms with Crippen molar-refractivity contribution in [2.24, 2.45) is 5.92 Å². The van der Waals surface area contributed by atoms with E-state index in [9.17, 15) is 4.79 Å². The van der Waals surface area contributed by atoms with Crippen LogP contribution in [0.2, 0.25) is 0 Å². The number of benzene rings is 1. The molecular weight excluding hydrogens is 246 g/mol. The summed E-state index contributed by atoms with van der Waals surface area (Å²) < 4.78 is 5.56. The molecule has 1 amide bonds. The number of rotatable bonds is 3. The molecule has 0 spiro atoms. The summed E-state index contributed by atoms with van der Waals surface area (Å²) in [6, 6.07) is 8.06. The van der Waals surface area contributed by atoms with Crippen LogP contribution in [0.4, 0.5) is 0 Å². The van der Waals surface area contributed by atoms with Crippen LogP contribution in [0.25, 0.3) is 0 Å². The highest BCUT2D eigenvalue weighted by Crippen LogP contribution is 2.38. The molecule has 1 aromatic carbocycles. The van der Waals surface area contributed by atoms with E-state index in [-0.39, 0.29) is 5.91 Å². The van der Waals surface area contributed by atoms with Gasteiger partial charge >= 0.3 is 0 Å². The van der Waals surface area contributed by atoms with Gasteiger partial charge in [0.05, 0.1) is 11.7 Å². The third kappa shape index (κ3) is 2.04. The van der Waals surface area contributed by atoms with Crippen molar-refractivity contribution in [3.8, 4) is 0 Å². The van der Waals surface area contributed by atoms with Gasteiger partial charge in [-0.15, -0.1) is 11.8 Å². The Balaban J connectivity index is 1.68. The molecule has 1 aromatic rings. The molecule has 1 saturated heterocycles. The molecule has 0 radical (unpaired) electrons. The number of hydrogen-bond donors (Lipinski definition) is 1. The van der Waals surface area contributed by atoms with Crippen molar-refractivity contribution in [2.75, 3.05) is 12.9 Å². The van der Waals surface area contributed by atoms with Gasteiger partial charge in [-0.05, 0) is 31.2 Å². The normalized spacial score (nSPS) is 29.5. The molecule has 0 unspecified atom stereocenters. The largest absolute Gasteiger partial charge is 0.378 e. The Kier molecular flexibility index (Phi) is 3.31. The van der Waals surface area contributed by atoms with Crippen molar-refractivity contribution >= 4 is 17.7 Å². The zero-order chi connectivity index (χ0) is 12.5. The fourth-order valence-corrected chi connectivity index (χ4v) is 3.44. The topological polar surface area (TPSA) is 38.3 Å². The monoisotopic (exact) mass is 263 g/mol. The number of amides is 1. The molecule has 96 valence electrons. The van der Waals surface area contributed by atoms with E-state index >= 15 is 0 Å². The van der Waals surface area contributed by atoms with Crippen LogP contribution >= 0.6 is 11.8 Å². The predicted molar refractivity (Wildman–Crippen MR) is 71.9 cm³/mol. The minimum absolute atomic E-state index is 0.0512. The van der Waals surface area contributed by atoms with Crippen LogP contribution in [0.15, 0.2) is 29.2 Å². The van der Waals surface area contributed by atoms with E-state index in [1.807, 2.05) is 30.5 Å². The predicted octanol–water partition coefficient (Wildman–Crippen LogP) is 2.32. The van der Waals surface area contributed by atoms with Crippen LogP contribution in [-0.4, -0.2) is 30.9 Å². The van der Waals surface area contributed by atoms with Crippen LogP contribution in [0.3, 0.4) is 0 Å². The smallest absolute Gasteiger partial charge is 0.252 e. The Morgan fingerprint density at radius 2 is 2.28 bits per heavy atom. The minimum atomic E-state index is 0.0512. The quantitative estimate of drug-likeness (QED) is 0.851. The lowest BCUT2D eigenvalue weighted by atomic mass is 9.76. The van der Waals surface area contributed by atoms with Crippen molar-refractivity contribution in [3.63, 3.8) is 0 Å². The van der Waals surface area contributed by atoms with Crippen LogP contribution in [0.1, 0.15) is 23.2 Å². The summed E-state index contributed by atoms with van der Waals surface area (Å²) in [6.07, 6.45) is 4.44. The van der Waals surface area contributed by atoms with Gasteiger partial charge in [-0.3, -0.25) is 4.79 Å². The van der Waals surface area contributed by atoms with Gasteiger partial charge in [-0.1, -0.05) is 12.1 Å². The first-order valence-electron chi connectivity index (χ1n) is 6.35. The average molecular weight is 263 g/mol. The molecule has 1 heterocycles.